The molecule has 1 amide bonds. The number of rotatable bonds is 3. The van der Waals surface area contributed by atoms with Crippen LogP contribution in [-0.4, -0.2) is 16.1 Å². The van der Waals surface area contributed by atoms with E-state index in [0.717, 1.165) is 5.56 Å². The van der Waals surface area contributed by atoms with Gasteiger partial charge in [0.25, 0.3) is 11.5 Å². The molecule has 0 unspecified atom stereocenters. The molecule has 2 aromatic carbocycles. The van der Waals surface area contributed by atoms with Crippen LogP contribution < -0.4 is 10.9 Å². The fourth-order valence-electron chi connectivity index (χ4n) is 2.10. The van der Waals surface area contributed by atoms with Gasteiger partial charge in [0.1, 0.15) is 0 Å². The second-order valence-corrected chi connectivity index (χ2v) is 5.78. The molecule has 3 aromatic rings. The van der Waals surface area contributed by atoms with Gasteiger partial charge >= 0.3 is 0 Å². The van der Waals surface area contributed by atoms with Crippen LogP contribution in [0.15, 0.2) is 59.4 Å². The summed E-state index contributed by atoms with van der Waals surface area (Å²) >= 11 is 11.8. The lowest BCUT2D eigenvalue weighted by Crippen LogP contribution is -2.12. The zero-order valence-electron chi connectivity index (χ0n) is 12.2. The molecular formula is C17H11Cl2N3O2. The number of nitrogens with zero attached hydrogens (tertiary/aromatic N) is 1. The maximum absolute atomic E-state index is 12.3. The Morgan fingerprint density at radius 1 is 1.00 bits per heavy atom. The summed E-state index contributed by atoms with van der Waals surface area (Å²) in [6, 6.07) is 14.8. The Balaban J connectivity index is 1.84. The van der Waals surface area contributed by atoms with Crippen LogP contribution in [0, 0.1) is 0 Å². The topological polar surface area (TPSA) is 74.8 Å². The first-order valence-electron chi connectivity index (χ1n) is 6.95. The van der Waals surface area contributed by atoms with Crippen LogP contribution in [0.1, 0.15) is 10.4 Å². The van der Waals surface area contributed by atoms with Gasteiger partial charge in [0, 0.05) is 22.9 Å². The predicted octanol–water partition coefficient (Wildman–Crippen LogP) is 4.00. The zero-order chi connectivity index (χ0) is 17.1. The maximum atomic E-state index is 12.3. The number of nitrogens with one attached hydrogen (secondary N) is 2. The number of aromatic nitrogens is 2. The average molecular weight is 360 g/mol. The lowest BCUT2D eigenvalue weighted by Gasteiger charge is -2.08. The third-order valence-electron chi connectivity index (χ3n) is 3.28. The van der Waals surface area contributed by atoms with Crippen molar-refractivity contribution in [3.8, 4) is 11.3 Å². The predicted molar refractivity (Wildman–Crippen MR) is 94.7 cm³/mol. The summed E-state index contributed by atoms with van der Waals surface area (Å²) in [5.41, 5.74) is 2.08. The minimum atomic E-state index is -0.305. The molecule has 0 fully saturated rings. The number of anilines is 1. The summed E-state index contributed by atoms with van der Waals surface area (Å²) < 4.78 is 0. The summed E-state index contributed by atoms with van der Waals surface area (Å²) in [5.74, 6) is -0.305. The standard InChI is InChI=1S/C17H11Cl2N3O2/c18-13-5-4-11(9-14(13)19)17(24)20-12-3-1-2-10(8-12)15-6-7-16(23)22-21-15/h1-9H,(H,20,24)(H,22,23). The van der Waals surface area contributed by atoms with E-state index in [4.69, 9.17) is 23.2 Å². The third-order valence-corrected chi connectivity index (χ3v) is 4.02. The Labute approximate surface area is 147 Å². The molecular weight excluding hydrogens is 349 g/mol. The molecule has 0 aliphatic rings. The van der Waals surface area contributed by atoms with Crippen LogP contribution >= 0.6 is 23.2 Å². The third kappa shape index (κ3) is 3.64. The van der Waals surface area contributed by atoms with E-state index in [2.05, 4.69) is 15.5 Å². The van der Waals surface area contributed by atoms with E-state index in [1.165, 1.54) is 12.1 Å². The Hall–Kier alpha value is -2.63. The van der Waals surface area contributed by atoms with E-state index in [1.807, 2.05) is 6.07 Å². The van der Waals surface area contributed by atoms with Crippen LogP contribution in [0.4, 0.5) is 5.69 Å². The van der Waals surface area contributed by atoms with Gasteiger partial charge in [-0.15, -0.1) is 0 Å². The molecule has 120 valence electrons. The van der Waals surface area contributed by atoms with Crippen LogP contribution in [0.2, 0.25) is 10.0 Å². The lowest BCUT2D eigenvalue weighted by atomic mass is 10.1. The van der Waals surface area contributed by atoms with Crippen molar-refractivity contribution < 1.29 is 4.79 Å². The quantitative estimate of drug-likeness (QED) is 0.742. The summed E-state index contributed by atoms with van der Waals surface area (Å²) in [5, 5.41) is 9.83. The van der Waals surface area contributed by atoms with Crippen molar-refractivity contribution >= 4 is 34.8 Å². The van der Waals surface area contributed by atoms with E-state index in [1.54, 1.807) is 36.4 Å². The smallest absolute Gasteiger partial charge is 0.264 e. The molecule has 0 aliphatic heterocycles. The fourth-order valence-corrected chi connectivity index (χ4v) is 2.40. The van der Waals surface area contributed by atoms with Gasteiger partial charge in [-0.2, -0.15) is 5.10 Å². The minimum Gasteiger partial charge on any atom is -0.322 e. The van der Waals surface area contributed by atoms with Gasteiger partial charge in [-0.25, -0.2) is 5.10 Å². The molecule has 0 atom stereocenters. The Bertz CT molecular complexity index is 950. The molecule has 0 spiro atoms. The number of H-pyrrole nitrogens is 1. The van der Waals surface area contributed by atoms with Crippen LogP contribution in [-0.2, 0) is 0 Å². The largest absolute Gasteiger partial charge is 0.322 e. The molecule has 0 aliphatic carbocycles. The van der Waals surface area contributed by atoms with Gasteiger partial charge in [-0.1, -0.05) is 35.3 Å². The van der Waals surface area contributed by atoms with Crippen molar-refractivity contribution in [1.82, 2.24) is 10.2 Å². The summed E-state index contributed by atoms with van der Waals surface area (Å²) in [6.07, 6.45) is 0. The SMILES string of the molecule is O=C(Nc1cccc(-c2ccc(=O)[nH]n2)c1)c1ccc(Cl)c(Cl)c1. The van der Waals surface area contributed by atoms with Gasteiger partial charge < -0.3 is 5.32 Å². The number of amides is 1. The van der Waals surface area contributed by atoms with Crippen LogP contribution in [0.5, 0.6) is 0 Å². The Kier molecular flexibility index (Phi) is 4.64. The number of hydrogen-bond donors (Lipinski definition) is 2. The van der Waals surface area contributed by atoms with Gasteiger partial charge in [0.05, 0.1) is 15.7 Å². The molecule has 0 saturated carbocycles. The second-order valence-electron chi connectivity index (χ2n) is 4.97. The summed E-state index contributed by atoms with van der Waals surface area (Å²) in [6.45, 7) is 0. The van der Waals surface area contributed by atoms with E-state index in [-0.39, 0.29) is 11.5 Å². The van der Waals surface area contributed by atoms with Gasteiger partial charge in [-0.05, 0) is 36.4 Å². The van der Waals surface area contributed by atoms with Crippen molar-refractivity contribution in [2.75, 3.05) is 5.32 Å². The van der Waals surface area contributed by atoms with Gasteiger partial charge in [-0.3, -0.25) is 9.59 Å². The van der Waals surface area contributed by atoms with E-state index in [0.29, 0.717) is 27.0 Å². The lowest BCUT2D eigenvalue weighted by molar-refractivity contribution is 0.102. The molecule has 0 radical (unpaired) electrons. The molecule has 7 heteroatoms. The van der Waals surface area contributed by atoms with Crippen LogP contribution in [0.3, 0.4) is 0 Å². The van der Waals surface area contributed by atoms with Crippen molar-refractivity contribution in [2.24, 2.45) is 0 Å². The fraction of sp³-hybridized carbons (Fsp3) is 0. The summed E-state index contributed by atoms with van der Waals surface area (Å²) in [4.78, 5) is 23.4. The highest BCUT2D eigenvalue weighted by molar-refractivity contribution is 6.42. The van der Waals surface area contributed by atoms with E-state index < -0.39 is 0 Å². The summed E-state index contributed by atoms with van der Waals surface area (Å²) in [7, 11) is 0. The van der Waals surface area contributed by atoms with Crippen molar-refractivity contribution in [3.05, 3.63) is 80.6 Å². The van der Waals surface area contributed by atoms with Crippen molar-refractivity contribution in [3.63, 3.8) is 0 Å². The molecule has 5 nitrogen and oxygen atoms in total. The molecule has 0 bridgehead atoms. The first kappa shape index (κ1) is 16.2. The number of benzene rings is 2. The first-order valence-corrected chi connectivity index (χ1v) is 7.71. The molecule has 0 saturated heterocycles. The first-order chi connectivity index (χ1) is 11.5. The number of hydrogen-bond acceptors (Lipinski definition) is 3. The highest BCUT2D eigenvalue weighted by Gasteiger charge is 2.09. The number of carbonyl (C=O) groups excluding carboxylic acids is 1. The zero-order valence-corrected chi connectivity index (χ0v) is 13.7. The Morgan fingerprint density at radius 2 is 1.83 bits per heavy atom. The van der Waals surface area contributed by atoms with E-state index in [9.17, 15) is 9.59 Å². The number of aromatic amines is 1. The molecule has 1 heterocycles. The van der Waals surface area contributed by atoms with Gasteiger partial charge in [0.15, 0.2) is 0 Å². The molecule has 24 heavy (non-hydrogen) atoms. The van der Waals surface area contributed by atoms with Crippen molar-refractivity contribution in [1.29, 1.82) is 0 Å². The molecule has 3 rings (SSSR count). The van der Waals surface area contributed by atoms with Crippen LogP contribution in [0.25, 0.3) is 11.3 Å². The minimum absolute atomic E-state index is 0.275. The van der Waals surface area contributed by atoms with E-state index >= 15 is 0 Å². The monoisotopic (exact) mass is 359 g/mol. The van der Waals surface area contributed by atoms with Crippen molar-refractivity contribution in [2.45, 2.75) is 0 Å². The molecule has 1 aromatic heterocycles. The molecule has 2 N–H and O–H groups in total. The van der Waals surface area contributed by atoms with Gasteiger partial charge in [0.2, 0.25) is 0 Å². The normalized spacial score (nSPS) is 10.4. The Morgan fingerprint density at radius 3 is 2.54 bits per heavy atom. The second kappa shape index (κ2) is 6.86. The average Bonchev–Trinajstić information content (AvgIpc) is 2.58. The number of carbonyl (C=O) groups is 1. The number of halogens is 2. The highest BCUT2D eigenvalue weighted by Crippen LogP contribution is 2.24. The maximum Gasteiger partial charge on any atom is 0.264 e. The highest BCUT2D eigenvalue weighted by atomic mass is 35.5.